The minimum Gasteiger partial charge on any atom is -0.353 e. The van der Waals surface area contributed by atoms with Crippen molar-refractivity contribution in [1.82, 2.24) is 20.0 Å². The number of aromatic nitrogens is 4. The van der Waals surface area contributed by atoms with Crippen molar-refractivity contribution in [3.63, 3.8) is 0 Å². The normalized spacial score (nSPS) is 14.5. The first kappa shape index (κ1) is 22.1. The lowest BCUT2D eigenvalue weighted by atomic mass is 9.95. The zero-order valence-electron chi connectivity index (χ0n) is 20.2. The van der Waals surface area contributed by atoms with Crippen molar-refractivity contribution < 1.29 is 4.79 Å². The number of hydrogen-bond donors (Lipinski definition) is 1. The van der Waals surface area contributed by atoms with Crippen molar-refractivity contribution in [3.05, 3.63) is 71.0 Å². The summed E-state index contributed by atoms with van der Waals surface area (Å²) in [5.74, 6) is 0.872. The summed E-state index contributed by atoms with van der Waals surface area (Å²) in [6.07, 6.45) is 1.54. The highest BCUT2D eigenvalue weighted by atomic mass is 16.1. The molecular formula is C27H30N6O. The number of nitrogens with one attached hydrogen (secondary N) is 1. The molecule has 0 spiro atoms. The molecule has 2 aromatic carbocycles. The SMILES string of the molecule is Cc1ccc(NC(=O)C2CCN(c3nnc(C)c4c(C)n(-c5ccccc5)nc34)CC2)c(C)c1. The first-order valence-corrected chi connectivity index (χ1v) is 11.8. The summed E-state index contributed by atoms with van der Waals surface area (Å²) in [4.78, 5) is 15.2. The monoisotopic (exact) mass is 454 g/mol. The lowest BCUT2D eigenvalue weighted by Gasteiger charge is -2.32. The predicted octanol–water partition coefficient (Wildman–Crippen LogP) is 4.90. The van der Waals surface area contributed by atoms with Crippen LogP contribution in [-0.4, -0.2) is 39.0 Å². The van der Waals surface area contributed by atoms with Gasteiger partial charge in [0, 0.05) is 24.7 Å². The largest absolute Gasteiger partial charge is 0.353 e. The summed E-state index contributed by atoms with van der Waals surface area (Å²) in [5, 5.41) is 18.1. The van der Waals surface area contributed by atoms with E-state index < -0.39 is 0 Å². The number of aryl methyl sites for hydroxylation is 4. The zero-order chi connectivity index (χ0) is 23.8. The van der Waals surface area contributed by atoms with Crippen LogP contribution < -0.4 is 10.2 Å². The standard InChI is InChI=1S/C27H30N6O/c1-17-10-11-23(18(2)16-17)28-27(34)21-12-14-32(15-13-21)26-25-24(19(3)29-30-26)20(4)33(31-25)22-8-6-5-7-9-22/h5-11,16,21H,12-15H2,1-4H3,(H,28,34). The van der Waals surface area contributed by atoms with Crippen LogP contribution in [0.1, 0.15) is 35.4 Å². The number of hydrogen-bond acceptors (Lipinski definition) is 5. The summed E-state index contributed by atoms with van der Waals surface area (Å²) < 4.78 is 1.97. The number of benzene rings is 2. The van der Waals surface area contributed by atoms with Gasteiger partial charge in [0.2, 0.25) is 5.91 Å². The van der Waals surface area contributed by atoms with E-state index in [9.17, 15) is 4.79 Å². The molecule has 0 atom stereocenters. The Morgan fingerprint density at radius 2 is 1.71 bits per heavy atom. The van der Waals surface area contributed by atoms with Gasteiger partial charge in [0.25, 0.3) is 0 Å². The summed E-state index contributed by atoms with van der Waals surface area (Å²) in [7, 11) is 0. The van der Waals surface area contributed by atoms with Crippen LogP contribution in [0.3, 0.4) is 0 Å². The Morgan fingerprint density at radius 1 is 0.971 bits per heavy atom. The van der Waals surface area contributed by atoms with Crippen molar-refractivity contribution in [2.45, 2.75) is 40.5 Å². The molecule has 0 aliphatic carbocycles. The Bertz CT molecular complexity index is 1350. The molecule has 34 heavy (non-hydrogen) atoms. The average molecular weight is 455 g/mol. The molecule has 1 fully saturated rings. The summed E-state index contributed by atoms with van der Waals surface area (Å²) in [5.41, 5.74) is 6.99. The fraction of sp³-hybridized carbons (Fsp3) is 0.333. The molecule has 1 aliphatic rings. The van der Waals surface area contributed by atoms with E-state index in [2.05, 4.69) is 52.5 Å². The molecule has 7 nitrogen and oxygen atoms in total. The molecule has 7 heteroatoms. The highest BCUT2D eigenvalue weighted by molar-refractivity contribution is 5.94. The minimum atomic E-state index is -0.0190. The maximum absolute atomic E-state index is 12.9. The van der Waals surface area contributed by atoms with Crippen LogP contribution in [0.4, 0.5) is 11.5 Å². The molecule has 1 N–H and O–H groups in total. The Morgan fingerprint density at radius 3 is 2.41 bits per heavy atom. The number of rotatable bonds is 4. The number of fused-ring (bicyclic) bond motifs is 1. The predicted molar refractivity (Wildman–Crippen MR) is 136 cm³/mol. The van der Waals surface area contributed by atoms with Gasteiger partial charge in [0.15, 0.2) is 5.82 Å². The molecule has 174 valence electrons. The van der Waals surface area contributed by atoms with Gasteiger partial charge < -0.3 is 10.2 Å². The van der Waals surface area contributed by atoms with Crippen LogP contribution in [0, 0.1) is 33.6 Å². The Labute approximate surface area is 199 Å². The maximum atomic E-state index is 12.9. The third kappa shape index (κ3) is 4.02. The Kier molecular flexibility index (Phi) is 5.77. The molecule has 4 aromatic rings. The van der Waals surface area contributed by atoms with E-state index in [0.29, 0.717) is 0 Å². The van der Waals surface area contributed by atoms with Gasteiger partial charge in [0.05, 0.1) is 22.5 Å². The highest BCUT2D eigenvalue weighted by Crippen LogP contribution is 2.32. The quantitative estimate of drug-likeness (QED) is 0.474. The molecule has 0 bridgehead atoms. The van der Waals surface area contributed by atoms with Gasteiger partial charge in [-0.2, -0.15) is 10.2 Å². The molecular weight excluding hydrogens is 424 g/mol. The first-order valence-electron chi connectivity index (χ1n) is 11.8. The van der Waals surface area contributed by atoms with Crippen LogP contribution in [0.2, 0.25) is 0 Å². The molecule has 0 radical (unpaired) electrons. The molecule has 5 rings (SSSR count). The van der Waals surface area contributed by atoms with E-state index in [0.717, 1.165) is 71.0 Å². The number of carbonyl (C=O) groups is 1. The van der Waals surface area contributed by atoms with Gasteiger partial charge in [-0.05, 0) is 64.3 Å². The van der Waals surface area contributed by atoms with Crippen LogP contribution in [0.25, 0.3) is 16.6 Å². The van der Waals surface area contributed by atoms with Crippen molar-refractivity contribution >= 4 is 28.3 Å². The third-order valence-corrected chi connectivity index (χ3v) is 6.79. The third-order valence-electron chi connectivity index (χ3n) is 6.79. The second kappa shape index (κ2) is 8.89. The average Bonchev–Trinajstić information content (AvgIpc) is 3.20. The summed E-state index contributed by atoms with van der Waals surface area (Å²) >= 11 is 0. The highest BCUT2D eigenvalue weighted by Gasteiger charge is 2.28. The molecule has 1 saturated heterocycles. The van der Waals surface area contributed by atoms with Gasteiger partial charge >= 0.3 is 0 Å². The van der Waals surface area contributed by atoms with E-state index in [1.807, 2.05) is 48.9 Å². The van der Waals surface area contributed by atoms with Gasteiger partial charge in [-0.15, -0.1) is 5.10 Å². The molecule has 1 aliphatic heterocycles. The second-order valence-electron chi connectivity index (χ2n) is 9.23. The topological polar surface area (TPSA) is 75.9 Å². The number of anilines is 2. The van der Waals surface area contributed by atoms with E-state index in [-0.39, 0.29) is 11.8 Å². The fourth-order valence-corrected chi connectivity index (χ4v) is 4.89. The van der Waals surface area contributed by atoms with Crippen molar-refractivity contribution in [3.8, 4) is 5.69 Å². The van der Waals surface area contributed by atoms with E-state index >= 15 is 0 Å². The van der Waals surface area contributed by atoms with Gasteiger partial charge in [-0.3, -0.25) is 4.79 Å². The molecule has 2 aromatic heterocycles. The smallest absolute Gasteiger partial charge is 0.227 e. The Hall–Kier alpha value is -3.74. The van der Waals surface area contributed by atoms with Crippen LogP contribution in [0.15, 0.2) is 48.5 Å². The molecule has 1 amide bonds. The van der Waals surface area contributed by atoms with E-state index in [4.69, 9.17) is 5.10 Å². The van der Waals surface area contributed by atoms with Crippen LogP contribution in [-0.2, 0) is 4.79 Å². The van der Waals surface area contributed by atoms with Crippen molar-refractivity contribution in [1.29, 1.82) is 0 Å². The van der Waals surface area contributed by atoms with Crippen molar-refractivity contribution in [2.24, 2.45) is 5.92 Å². The Balaban J connectivity index is 1.36. The second-order valence-corrected chi connectivity index (χ2v) is 9.23. The number of para-hydroxylation sites is 1. The van der Waals surface area contributed by atoms with Crippen molar-refractivity contribution in [2.75, 3.05) is 23.3 Å². The van der Waals surface area contributed by atoms with E-state index in [1.54, 1.807) is 0 Å². The fourth-order valence-electron chi connectivity index (χ4n) is 4.89. The number of carbonyl (C=O) groups excluding carboxylic acids is 1. The number of nitrogens with zero attached hydrogens (tertiary/aromatic N) is 5. The summed E-state index contributed by atoms with van der Waals surface area (Å²) in [6, 6.07) is 16.2. The first-order chi connectivity index (χ1) is 16.4. The molecule has 0 saturated carbocycles. The maximum Gasteiger partial charge on any atom is 0.227 e. The van der Waals surface area contributed by atoms with Crippen LogP contribution in [0.5, 0.6) is 0 Å². The number of piperidine rings is 1. The zero-order valence-corrected chi connectivity index (χ0v) is 20.2. The number of amides is 1. The van der Waals surface area contributed by atoms with Crippen LogP contribution >= 0.6 is 0 Å². The van der Waals surface area contributed by atoms with Gasteiger partial charge in [0.1, 0.15) is 5.52 Å². The lowest BCUT2D eigenvalue weighted by molar-refractivity contribution is -0.120. The molecule has 3 heterocycles. The molecule has 0 unspecified atom stereocenters. The lowest BCUT2D eigenvalue weighted by Crippen LogP contribution is -2.39. The minimum absolute atomic E-state index is 0.0190. The van der Waals surface area contributed by atoms with Gasteiger partial charge in [-0.1, -0.05) is 35.9 Å². The van der Waals surface area contributed by atoms with Gasteiger partial charge in [-0.25, -0.2) is 4.68 Å². The summed E-state index contributed by atoms with van der Waals surface area (Å²) in [6.45, 7) is 9.63. The van der Waals surface area contributed by atoms with E-state index in [1.165, 1.54) is 5.56 Å².